The molecule has 1 nitrogen and oxygen atoms in total. The molecule has 0 N–H and O–H groups in total. The molecule has 1 aliphatic heterocycles. The molecule has 42 valence electrons. The molecule has 0 saturated carbocycles. The molecule has 1 rings (SSSR count). The largest absolute Gasteiger partial charge is 0.304 e. The van der Waals surface area contributed by atoms with E-state index in [9.17, 15) is 0 Å². The van der Waals surface area contributed by atoms with Crippen molar-refractivity contribution in [3.05, 3.63) is 0 Å². The van der Waals surface area contributed by atoms with E-state index in [4.69, 9.17) is 1.37 Å². The van der Waals surface area contributed by atoms with E-state index in [1.165, 1.54) is 0 Å². The molecule has 1 atom stereocenters. The van der Waals surface area contributed by atoms with Gasteiger partial charge in [0.25, 0.3) is 0 Å². The lowest BCUT2D eigenvalue weighted by Gasteiger charge is -2.08. The summed E-state index contributed by atoms with van der Waals surface area (Å²) < 4.78 is 7.32. The fourth-order valence-corrected chi connectivity index (χ4v) is 0.926. The predicted molar refractivity (Wildman–Crippen MR) is 31.3 cm³/mol. The van der Waals surface area contributed by atoms with Crippen LogP contribution in [0.5, 0.6) is 0 Å². The minimum atomic E-state index is 0.204. The van der Waals surface area contributed by atoms with E-state index in [1.807, 2.05) is 0 Å². The summed E-state index contributed by atoms with van der Waals surface area (Å²) in [7, 11) is 0. The molecule has 7 heavy (non-hydrogen) atoms. The summed E-state index contributed by atoms with van der Waals surface area (Å²) in [5.74, 6) is 0. The standard InChI is InChI=1S/C6H13N/c1-2-7-5-3-4-6-7/h2-6H2,1H3/i3D/t3-/m0/s1. The second-order valence-electron chi connectivity index (χ2n) is 1.97. The molecule has 0 aromatic heterocycles. The van der Waals surface area contributed by atoms with Gasteiger partial charge in [-0.3, -0.25) is 0 Å². The lowest BCUT2D eigenvalue weighted by molar-refractivity contribution is 0.359. The zero-order chi connectivity index (χ0) is 5.98. The van der Waals surface area contributed by atoms with Crippen molar-refractivity contribution in [3.8, 4) is 0 Å². The van der Waals surface area contributed by atoms with Crippen LogP contribution in [-0.4, -0.2) is 24.5 Å². The van der Waals surface area contributed by atoms with Crippen molar-refractivity contribution in [2.24, 2.45) is 0 Å². The predicted octanol–water partition coefficient (Wildman–Crippen LogP) is 1.10. The maximum atomic E-state index is 7.32. The van der Waals surface area contributed by atoms with Gasteiger partial charge in [0.2, 0.25) is 0 Å². The van der Waals surface area contributed by atoms with Crippen LogP contribution in [-0.2, 0) is 0 Å². The highest BCUT2D eigenvalue weighted by molar-refractivity contribution is 4.62. The highest BCUT2D eigenvalue weighted by atomic mass is 15.1. The highest BCUT2D eigenvalue weighted by Crippen LogP contribution is 2.04. The number of hydrogen-bond donors (Lipinski definition) is 0. The van der Waals surface area contributed by atoms with Crippen LogP contribution < -0.4 is 0 Å². The number of likely N-dealkylation sites (tertiary alicyclic amines) is 1. The smallest absolute Gasteiger partial charge is 0.0280 e. The third-order valence-corrected chi connectivity index (χ3v) is 1.48. The highest BCUT2D eigenvalue weighted by Gasteiger charge is 2.06. The van der Waals surface area contributed by atoms with Crippen molar-refractivity contribution in [2.75, 3.05) is 19.6 Å². The molecule has 1 heteroatoms. The van der Waals surface area contributed by atoms with Crippen LogP contribution in [0.3, 0.4) is 0 Å². The van der Waals surface area contributed by atoms with Crippen LogP contribution in [0.15, 0.2) is 0 Å². The molecule has 1 saturated heterocycles. The molecule has 0 aromatic carbocycles. The molecule has 1 fully saturated rings. The van der Waals surface area contributed by atoms with E-state index in [0.717, 1.165) is 26.1 Å². The van der Waals surface area contributed by atoms with Gasteiger partial charge in [0, 0.05) is 1.37 Å². The first-order chi connectivity index (χ1) is 3.83. The van der Waals surface area contributed by atoms with Gasteiger partial charge in [-0.2, -0.15) is 0 Å². The van der Waals surface area contributed by atoms with Gasteiger partial charge in [-0.05, 0) is 32.5 Å². The summed E-state index contributed by atoms with van der Waals surface area (Å²) in [6.45, 7) is 5.41. The fourth-order valence-electron chi connectivity index (χ4n) is 0.926. The Kier molecular flexibility index (Phi) is 1.29. The van der Waals surface area contributed by atoms with Crippen molar-refractivity contribution in [2.45, 2.75) is 19.7 Å². The van der Waals surface area contributed by atoms with Crippen molar-refractivity contribution < 1.29 is 1.37 Å². The quantitative estimate of drug-likeness (QED) is 0.477. The Morgan fingerprint density at radius 3 is 2.86 bits per heavy atom. The fraction of sp³-hybridized carbons (Fsp3) is 1.00. The molecule has 1 heterocycles. The number of nitrogens with zero attached hydrogens (tertiary/aromatic N) is 1. The van der Waals surface area contributed by atoms with E-state index >= 15 is 0 Å². The van der Waals surface area contributed by atoms with Gasteiger partial charge >= 0.3 is 0 Å². The summed E-state index contributed by atoms with van der Waals surface area (Å²) in [5.41, 5.74) is 0. The Labute approximate surface area is 46.7 Å². The lowest BCUT2D eigenvalue weighted by Crippen LogP contribution is -2.17. The van der Waals surface area contributed by atoms with Gasteiger partial charge in [-0.25, -0.2) is 0 Å². The molecular weight excluding hydrogens is 86.1 g/mol. The normalized spacial score (nSPS) is 36.1. The van der Waals surface area contributed by atoms with E-state index in [2.05, 4.69) is 11.8 Å². The minimum Gasteiger partial charge on any atom is -0.304 e. The van der Waals surface area contributed by atoms with Crippen LogP contribution >= 0.6 is 0 Å². The Hall–Kier alpha value is -0.0400. The van der Waals surface area contributed by atoms with Crippen molar-refractivity contribution in [1.82, 2.24) is 4.90 Å². The Morgan fingerprint density at radius 1 is 1.71 bits per heavy atom. The van der Waals surface area contributed by atoms with Crippen molar-refractivity contribution in [3.63, 3.8) is 0 Å². The van der Waals surface area contributed by atoms with E-state index in [-0.39, 0.29) is 6.40 Å². The van der Waals surface area contributed by atoms with Gasteiger partial charge in [-0.15, -0.1) is 0 Å². The summed E-state index contributed by atoms with van der Waals surface area (Å²) in [6, 6.07) is 0. The molecule has 1 aliphatic rings. The molecular formula is C6H13N. The van der Waals surface area contributed by atoms with Crippen LogP contribution in [0.1, 0.15) is 21.1 Å². The molecule has 0 bridgehead atoms. The first-order valence-electron chi connectivity index (χ1n) is 3.55. The van der Waals surface area contributed by atoms with Gasteiger partial charge < -0.3 is 4.90 Å². The molecule has 0 spiro atoms. The Bertz CT molecular complexity index is 74.9. The minimum absolute atomic E-state index is 0.204. The molecule has 0 unspecified atom stereocenters. The van der Waals surface area contributed by atoms with Crippen LogP contribution in [0, 0.1) is 0 Å². The molecule has 0 aromatic rings. The lowest BCUT2D eigenvalue weighted by atomic mass is 10.4. The van der Waals surface area contributed by atoms with E-state index in [1.54, 1.807) is 0 Å². The van der Waals surface area contributed by atoms with Gasteiger partial charge in [0.05, 0.1) is 0 Å². The monoisotopic (exact) mass is 100 g/mol. The van der Waals surface area contributed by atoms with Gasteiger partial charge in [0.15, 0.2) is 0 Å². The average Bonchev–Trinajstić information content (AvgIpc) is 2.14. The van der Waals surface area contributed by atoms with Crippen LogP contribution in [0.4, 0.5) is 0 Å². The maximum Gasteiger partial charge on any atom is 0.0280 e. The zero-order valence-corrected chi connectivity index (χ0v) is 4.85. The molecule has 0 aliphatic carbocycles. The third kappa shape index (κ3) is 1.16. The first kappa shape index (κ1) is 3.90. The van der Waals surface area contributed by atoms with Crippen LogP contribution in [0.25, 0.3) is 0 Å². The summed E-state index contributed by atoms with van der Waals surface area (Å²) >= 11 is 0. The third-order valence-electron chi connectivity index (χ3n) is 1.48. The Morgan fingerprint density at radius 2 is 2.57 bits per heavy atom. The van der Waals surface area contributed by atoms with Crippen molar-refractivity contribution in [1.29, 1.82) is 0 Å². The van der Waals surface area contributed by atoms with Crippen molar-refractivity contribution >= 4 is 0 Å². The van der Waals surface area contributed by atoms with Crippen LogP contribution in [0.2, 0.25) is 0 Å². The topological polar surface area (TPSA) is 3.24 Å². The number of rotatable bonds is 1. The average molecular weight is 100 g/mol. The second-order valence-corrected chi connectivity index (χ2v) is 1.97. The molecule has 0 radical (unpaired) electrons. The van der Waals surface area contributed by atoms with Gasteiger partial charge in [-0.1, -0.05) is 6.92 Å². The van der Waals surface area contributed by atoms with E-state index < -0.39 is 0 Å². The summed E-state index contributed by atoms with van der Waals surface area (Å²) in [4.78, 5) is 2.32. The first-order valence-corrected chi connectivity index (χ1v) is 2.97. The van der Waals surface area contributed by atoms with Gasteiger partial charge in [0.1, 0.15) is 0 Å². The SMILES string of the molecule is [2H][C@H]1CCN(CC)C1. The number of hydrogen-bond acceptors (Lipinski definition) is 1. The Balaban J connectivity index is 2.22. The summed E-state index contributed by atoms with van der Waals surface area (Å²) in [6.07, 6.45) is 1.28. The summed E-state index contributed by atoms with van der Waals surface area (Å²) in [5, 5.41) is 0. The second kappa shape index (κ2) is 2.31. The van der Waals surface area contributed by atoms with E-state index in [0.29, 0.717) is 0 Å². The maximum absolute atomic E-state index is 7.32. The zero-order valence-electron chi connectivity index (χ0n) is 5.85. The molecule has 0 amide bonds.